The highest BCUT2D eigenvalue weighted by Crippen LogP contribution is 2.34. The third kappa shape index (κ3) is 4.52. The fraction of sp³-hybridized carbons (Fsp3) is 0.360. The molecule has 3 aromatic rings. The molecule has 0 spiro atoms. The molecule has 0 N–H and O–H groups in total. The van der Waals surface area contributed by atoms with E-state index in [2.05, 4.69) is 4.90 Å². The molecule has 0 aliphatic carbocycles. The highest BCUT2D eigenvalue weighted by atomic mass is 16.5. The largest absolute Gasteiger partial charge is 0.493 e. The van der Waals surface area contributed by atoms with Gasteiger partial charge in [-0.15, -0.1) is 0 Å². The second kappa shape index (κ2) is 9.54. The van der Waals surface area contributed by atoms with Crippen LogP contribution in [0, 0.1) is 6.92 Å². The lowest BCUT2D eigenvalue weighted by Gasteiger charge is -2.29. The van der Waals surface area contributed by atoms with Crippen molar-refractivity contribution in [2.24, 2.45) is 0 Å². The summed E-state index contributed by atoms with van der Waals surface area (Å²) in [5, 5.41) is 0.789. The highest BCUT2D eigenvalue weighted by molar-refractivity contribution is 5.87. The lowest BCUT2D eigenvalue weighted by atomic mass is 10.00. The molecule has 0 radical (unpaired) electrons. The number of carbonyl (C=O) groups is 1. The molecule has 0 saturated carbocycles. The van der Waals surface area contributed by atoms with Crippen molar-refractivity contribution in [2.45, 2.75) is 26.3 Å². The van der Waals surface area contributed by atoms with E-state index < -0.39 is 11.6 Å². The Balaban J connectivity index is 1.57. The van der Waals surface area contributed by atoms with Gasteiger partial charge in [0, 0.05) is 18.5 Å². The first-order valence-corrected chi connectivity index (χ1v) is 10.7. The van der Waals surface area contributed by atoms with Crippen molar-refractivity contribution in [1.82, 2.24) is 4.90 Å². The van der Waals surface area contributed by atoms with Crippen molar-refractivity contribution < 1.29 is 28.2 Å². The molecule has 8 nitrogen and oxygen atoms in total. The molecule has 0 bridgehead atoms. The number of nitrogens with zero attached hydrogens (tertiary/aromatic N) is 1. The maximum absolute atomic E-state index is 12.6. The summed E-state index contributed by atoms with van der Waals surface area (Å²) in [7, 11) is 4.53. The SMILES string of the molecule is COC(=O)Cc1c(C)c2ccc3c(c2oc1=O)CN(CCc1ccc(OC)c(OC)c1)CO3. The highest BCUT2D eigenvalue weighted by Gasteiger charge is 2.24. The topological polar surface area (TPSA) is 87.4 Å². The second-order valence-corrected chi connectivity index (χ2v) is 7.93. The maximum atomic E-state index is 12.6. The minimum Gasteiger partial charge on any atom is -0.493 e. The molecule has 1 aliphatic heterocycles. The molecule has 0 unspecified atom stereocenters. The van der Waals surface area contributed by atoms with Crippen LogP contribution in [-0.4, -0.2) is 45.5 Å². The fourth-order valence-corrected chi connectivity index (χ4v) is 4.09. The van der Waals surface area contributed by atoms with Crippen LogP contribution in [-0.2, 0) is 28.9 Å². The Kier molecular flexibility index (Phi) is 6.55. The third-order valence-corrected chi connectivity index (χ3v) is 6.01. The summed E-state index contributed by atoms with van der Waals surface area (Å²) < 4.78 is 27.0. The van der Waals surface area contributed by atoms with Crippen molar-refractivity contribution in [2.75, 3.05) is 34.6 Å². The summed E-state index contributed by atoms with van der Waals surface area (Å²) in [6.45, 7) is 3.59. The van der Waals surface area contributed by atoms with E-state index >= 15 is 0 Å². The lowest BCUT2D eigenvalue weighted by molar-refractivity contribution is -0.139. The molecule has 1 aromatic heterocycles. The van der Waals surface area contributed by atoms with Gasteiger partial charge in [0.05, 0.1) is 38.9 Å². The van der Waals surface area contributed by atoms with Crippen molar-refractivity contribution in [3.63, 3.8) is 0 Å². The van der Waals surface area contributed by atoms with Gasteiger partial charge in [-0.05, 0) is 48.7 Å². The number of aryl methyl sites for hydroxylation is 1. The van der Waals surface area contributed by atoms with Gasteiger partial charge >= 0.3 is 11.6 Å². The molecule has 0 saturated heterocycles. The van der Waals surface area contributed by atoms with Crippen LogP contribution < -0.4 is 19.8 Å². The zero-order valence-corrected chi connectivity index (χ0v) is 19.2. The van der Waals surface area contributed by atoms with Gasteiger partial charge in [0.25, 0.3) is 0 Å². The molecule has 2 heterocycles. The average Bonchev–Trinajstić information content (AvgIpc) is 2.84. The van der Waals surface area contributed by atoms with Gasteiger partial charge < -0.3 is 23.4 Å². The van der Waals surface area contributed by atoms with Crippen LogP contribution in [0.2, 0.25) is 0 Å². The van der Waals surface area contributed by atoms with E-state index in [-0.39, 0.29) is 6.42 Å². The molecule has 33 heavy (non-hydrogen) atoms. The van der Waals surface area contributed by atoms with Crippen molar-refractivity contribution >= 4 is 16.9 Å². The Bertz CT molecular complexity index is 1250. The number of methoxy groups -OCH3 is 3. The molecule has 1 aliphatic rings. The zero-order valence-electron chi connectivity index (χ0n) is 19.2. The van der Waals surface area contributed by atoms with Crippen LogP contribution >= 0.6 is 0 Å². The Labute approximate surface area is 191 Å². The molecule has 4 rings (SSSR count). The Morgan fingerprint density at radius 2 is 1.88 bits per heavy atom. The van der Waals surface area contributed by atoms with Crippen LogP contribution in [0.4, 0.5) is 0 Å². The Hall–Kier alpha value is -3.52. The van der Waals surface area contributed by atoms with Crippen LogP contribution in [0.5, 0.6) is 17.2 Å². The first-order chi connectivity index (χ1) is 15.9. The van der Waals surface area contributed by atoms with E-state index in [9.17, 15) is 9.59 Å². The lowest BCUT2D eigenvalue weighted by Crippen LogP contribution is -2.33. The summed E-state index contributed by atoms with van der Waals surface area (Å²) in [5.74, 6) is 1.61. The summed E-state index contributed by atoms with van der Waals surface area (Å²) >= 11 is 0. The summed E-state index contributed by atoms with van der Waals surface area (Å²) in [5.41, 5.74) is 2.95. The Morgan fingerprint density at radius 1 is 1.09 bits per heavy atom. The van der Waals surface area contributed by atoms with Crippen molar-refractivity contribution in [1.29, 1.82) is 0 Å². The molecule has 0 fully saturated rings. The van der Waals surface area contributed by atoms with Crippen molar-refractivity contribution in [3.05, 3.63) is 63.0 Å². The number of esters is 1. The van der Waals surface area contributed by atoms with Gasteiger partial charge in [-0.2, -0.15) is 0 Å². The Morgan fingerprint density at radius 3 is 2.61 bits per heavy atom. The van der Waals surface area contributed by atoms with Gasteiger partial charge in [-0.3, -0.25) is 9.69 Å². The first kappa shape index (κ1) is 22.7. The third-order valence-electron chi connectivity index (χ3n) is 6.01. The van der Waals surface area contributed by atoms with Crippen LogP contribution in [0.25, 0.3) is 11.0 Å². The molecular formula is C25H27NO7. The summed E-state index contributed by atoms with van der Waals surface area (Å²) in [6.07, 6.45) is 0.668. The van der Waals surface area contributed by atoms with Crippen molar-refractivity contribution in [3.8, 4) is 17.2 Å². The molecule has 0 amide bonds. The summed E-state index contributed by atoms with van der Waals surface area (Å²) in [4.78, 5) is 26.5. The molecule has 2 aromatic carbocycles. The van der Waals surface area contributed by atoms with Gasteiger partial charge in [0.15, 0.2) is 11.5 Å². The van der Waals surface area contributed by atoms with E-state index in [0.717, 1.165) is 35.0 Å². The second-order valence-electron chi connectivity index (χ2n) is 7.93. The minimum absolute atomic E-state index is 0.119. The van der Waals surface area contributed by atoms with Gasteiger partial charge in [-0.25, -0.2) is 4.79 Å². The van der Waals surface area contributed by atoms with Gasteiger partial charge in [0.2, 0.25) is 0 Å². The number of hydrogen-bond donors (Lipinski definition) is 0. The monoisotopic (exact) mass is 453 g/mol. The van der Waals surface area contributed by atoms with Gasteiger partial charge in [-0.1, -0.05) is 6.07 Å². The number of carbonyl (C=O) groups excluding carboxylic acids is 1. The average molecular weight is 453 g/mol. The number of fused-ring (bicyclic) bond motifs is 3. The first-order valence-electron chi connectivity index (χ1n) is 10.7. The summed E-state index contributed by atoms with van der Waals surface area (Å²) in [6, 6.07) is 9.64. The molecule has 8 heteroatoms. The quantitative estimate of drug-likeness (QED) is 0.398. The number of hydrogen-bond acceptors (Lipinski definition) is 8. The minimum atomic E-state index is -0.527. The number of benzene rings is 2. The van der Waals surface area contributed by atoms with E-state index in [0.29, 0.717) is 41.7 Å². The van der Waals surface area contributed by atoms with Gasteiger partial charge in [0.1, 0.15) is 18.1 Å². The van der Waals surface area contributed by atoms with Crippen LogP contribution in [0.3, 0.4) is 0 Å². The molecule has 174 valence electrons. The zero-order chi connectivity index (χ0) is 23.5. The predicted molar refractivity (Wildman–Crippen MR) is 122 cm³/mol. The molecular weight excluding hydrogens is 426 g/mol. The molecule has 0 atom stereocenters. The van der Waals surface area contributed by atoms with E-state index in [1.807, 2.05) is 37.3 Å². The smallest absolute Gasteiger partial charge is 0.340 e. The fourth-order valence-electron chi connectivity index (χ4n) is 4.09. The maximum Gasteiger partial charge on any atom is 0.340 e. The van der Waals surface area contributed by atoms with E-state index in [1.165, 1.54) is 7.11 Å². The standard InChI is InChI=1S/C25H27NO7/c1-15-17-6-8-20-19(24(17)33-25(28)18(15)12-23(27)31-4)13-26(14-32-20)10-9-16-5-7-21(29-2)22(11-16)30-3/h5-8,11H,9-10,12-14H2,1-4H3. The van der Waals surface area contributed by atoms with Crippen LogP contribution in [0.15, 0.2) is 39.5 Å². The van der Waals surface area contributed by atoms with Crippen LogP contribution in [0.1, 0.15) is 22.3 Å². The van der Waals surface area contributed by atoms with E-state index in [4.69, 9.17) is 23.4 Å². The normalized spacial score (nSPS) is 13.3. The number of ether oxygens (including phenoxy) is 4. The number of rotatable bonds is 7. The predicted octanol–water partition coefficient (Wildman–Crippen LogP) is 3.23. The van der Waals surface area contributed by atoms with E-state index in [1.54, 1.807) is 14.2 Å².